The van der Waals surface area contributed by atoms with Gasteiger partial charge in [0.15, 0.2) is 0 Å². The van der Waals surface area contributed by atoms with Gasteiger partial charge in [-0.05, 0) is 25.9 Å². The fourth-order valence-corrected chi connectivity index (χ4v) is 2.31. The highest BCUT2D eigenvalue weighted by atomic mass is 16.2. The summed E-state index contributed by atoms with van der Waals surface area (Å²) in [6.07, 6.45) is 2.01. The van der Waals surface area contributed by atoms with Crippen molar-refractivity contribution in [3.8, 4) is 0 Å². The topological polar surface area (TPSA) is 70.4 Å². The number of nitrogens with one attached hydrogen (secondary N) is 2. The second kappa shape index (κ2) is 3.16. The zero-order valence-electron chi connectivity index (χ0n) is 7.68. The summed E-state index contributed by atoms with van der Waals surface area (Å²) < 4.78 is 0. The van der Waals surface area contributed by atoms with Gasteiger partial charge in [-0.25, -0.2) is 4.79 Å². The first-order chi connectivity index (χ1) is 6.25. The highest BCUT2D eigenvalue weighted by Gasteiger charge is 2.43. The molecule has 0 aromatic rings. The SMILES string of the molecule is NC(=O)N1CNCC12CCNCC2. The number of urea groups is 1. The van der Waals surface area contributed by atoms with Gasteiger partial charge in [-0.1, -0.05) is 0 Å². The van der Waals surface area contributed by atoms with Gasteiger partial charge in [-0.15, -0.1) is 0 Å². The summed E-state index contributed by atoms with van der Waals surface area (Å²) in [6, 6.07) is -0.299. The van der Waals surface area contributed by atoms with Crippen molar-refractivity contribution in [2.24, 2.45) is 5.73 Å². The molecule has 13 heavy (non-hydrogen) atoms. The highest BCUT2D eigenvalue weighted by Crippen LogP contribution is 2.28. The van der Waals surface area contributed by atoms with Crippen LogP contribution in [0.3, 0.4) is 0 Å². The van der Waals surface area contributed by atoms with Crippen LogP contribution >= 0.6 is 0 Å². The Morgan fingerprint density at radius 1 is 1.31 bits per heavy atom. The molecule has 2 rings (SSSR count). The summed E-state index contributed by atoms with van der Waals surface area (Å²) in [4.78, 5) is 12.9. The Bertz CT molecular complexity index is 212. The van der Waals surface area contributed by atoms with Crippen molar-refractivity contribution in [3.05, 3.63) is 0 Å². The number of nitrogens with two attached hydrogens (primary N) is 1. The second-order valence-corrected chi connectivity index (χ2v) is 3.83. The van der Waals surface area contributed by atoms with Crippen LogP contribution in [0.5, 0.6) is 0 Å². The molecule has 0 unspecified atom stereocenters. The Labute approximate surface area is 77.6 Å². The van der Waals surface area contributed by atoms with Gasteiger partial charge in [-0.3, -0.25) is 5.32 Å². The maximum absolute atomic E-state index is 11.2. The summed E-state index contributed by atoms with van der Waals surface area (Å²) in [5.74, 6) is 0. The van der Waals surface area contributed by atoms with Gasteiger partial charge in [0.25, 0.3) is 0 Å². The van der Waals surface area contributed by atoms with E-state index in [0.29, 0.717) is 6.67 Å². The molecule has 2 aliphatic heterocycles. The van der Waals surface area contributed by atoms with Crippen LogP contribution in [0.1, 0.15) is 12.8 Å². The molecule has 0 aromatic heterocycles. The van der Waals surface area contributed by atoms with Gasteiger partial charge >= 0.3 is 6.03 Å². The predicted molar refractivity (Wildman–Crippen MR) is 49.1 cm³/mol. The fraction of sp³-hybridized carbons (Fsp3) is 0.875. The molecular formula is C8H16N4O. The van der Waals surface area contributed by atoms with E-state index in [-0.39, 0.29) is 11.6 Å². The smallest absolute Gasteiger partial charge is 0.316 e. The number of hydrogen-bond acceptors (Lipinski definition) is 3. The van der Waals surface area contributed by atoms with Gasteiger partial charge in [0, 0.05) is 6.54 Å². The van der Waals surface area contributed by atoms with Crippen molar-refractivity contribution >= 4 is 6.03 Å². The summed E-state index contributed by atoms with van der Waals surface area (Å²) in [5, 5.41) is 6.50. The molecule has 0 aromatic carbocycles. The zero-order valence-corrected chi connectivity index (χ0v) is 7.68. The molecule has 0 saturated carbocycles. The monoisotopic (exact) mass is 184 g/mol. The first-order valence-corrected chi connectivity index (χ1v) is 4.73. The molecule has 2 aliphatic rings. The van der Waals surface area contributed by atoms with Crippen LogP contribution in [0, 0.1) is 0 Å². The van der Waals surface area contributed by atoms with Crippen molar-refractivity contribution in [2.75, 3.05) is 26.3 Å². The third-order valence-corrected chi connectivity index (χ3v) is 3.10. The summed E-state index contributed by atoms with van der Waals surface area (Å²) >= 11 is 0. The molecule has 5 nitrogen and oxygen atoms in total. The lowest BCUT2D eigenvalue weighted by Crippen LogP contribution is -2.56. The lowest BCUT2D eigenvalue weighted by Gasteiger charge is -2.39. The standard InChI is InChI=1S/C8H16N4O/c9-7(13)12-6-11-5-8(12)1-3-10-4-2-8/h10-11H,1-6H2,(H2,9,13). The Morgan fingerprint density at radius 2 is 2.00 bits per heavy atom. The molecule has 2 fully saturated rings. The molecule has 74 valence electrons. The minimum Gasteiger partial charge on any atom is -0.351 e. The van der Waals surface area contributed by atoms with Crippen LogP contribution in [0.2, 0.25) is 0 Å². The molecule has 2 heterocycles. The molecule has 0 bridgehead atoms. The van der Waals surface area contributed by atoms with E-state index in [4.69, 9.17) is 5.73 Å². The number of rotatable bonds is 0. The Kier molecular flexibility index (Phi) is 2.13. The third-order valence-electron chi connectivity index (χ3n) is 3.10. The predicted octanol–water partition coefficient (Wildman–Crippen LogP) is -0.950. The van der Waals surface area contributed by atoms with E-state index >= 15 is 0 Å². The molecule has 2 amide bonds. The number of primary amides is 1. The molecule has 4 N–H and O–H groups in total. The van der Waals surface area contributed by atoms with Crippen molar-refractivity contribution in [1.82, 2.24) is 15.5 Å². The lowest BCUT2D eigenvalue weighted by molar-refractivity contribution is 0.132. The summed E-state index contributed by atoms with van der Waals surface area (Å²) in [7, 11) is 0. The van der Waals surface area contributed by atoms with Crippen molar-refractivity contribution in [3.63, 3.8) is 0 Å². The Balaban J connectivity index is 2.13. The molecular weight excluding hydrogens is 168 g/mol. The van der Waals surface area contributed by atoms with Crippen molar-refractivity contribution < 1.29 is 4.79 Å². The van der Waals surface area contributed by atoms with E-state index < -0.39 is 0 Å². The first kappa shape index (κ1) is 8.77. The molecule has 1 spiro atoms. The third kappa shape index (κ3) is 1.38. The van der Waals surface area contributed by atoms with Crippen LogP contribution in [-0.2, 0) is 0 Å². The largest absolute Gasteiger partial charge is 0.351 e. The van der Waals surface area contributed by atoms with E-state index in [1.165, 1.54) is 0 Å². The molecule has 2 saturated heterocycles. The number of nitrogens with zero attached hydrogens (tertiary/aromatic N) is 1. The highest BCUT2D eigenvalue weighted by molar-refractivity contribution is 5.73. The van der Waals surface area contributed by atoms with Gasteiger partial charge < -0.3 is 16.0 Å². The summed E-state index contributed by atoms with van der Waals surface area (Å²) in [6.45, 7) is 3.45. The van der Waals surface area contributed by atoms with E-state index in [2.05, 4.69) is 10.6 Å². The minimum absolute atomic E-state index is 0.00289. The van der Waals surface area contributed by atoms with Gasteiger partial charge in [0.2, 0.25) is 0 Å². The van der Waals surface area contributed by atoms with E-state index in [1.54, 1.807) is 4.90 Å². The summed E-state index contributed by atoms with van der Waals surface area (Å²) in [5.41, 5.74) is 5.33. The van der Waals surface area contributed by atoms with E-state index in [9.17, 15) is 4.79 Å². The molecule has 0 radical (unpaired) electrons. The lowest BCUT2D eigenvalue weighted by atomic mass is 9.88. The van der Waals surface area contributed by atoms with Crippen LogP contribution in [0.4, 0.5) is 4.79 Å². The maximum atomic E-state index is 11.2. The number of amides is 2. The van der Waals surface area contributed by atoms with Gasteiger partial charge in [0.05, 0.1) is 12.2 Å². The Morgan fingerprint density at radius 3 is 2.62 bits per heavy atom. The van der Waals surface area contributed by atoms with Gasteiger partial charge in [0.1, 0.15) is 0 Å². The fourth-order valence-electron chi connectivity index (χ4n) is 2.31. The van der Waals surface area contributed by atoms with Crippen LogP contribution in [0.15, 0.2) is 0 Å². The first-order valence-electron chi connectivity index (χ1n) is 4.73. The number of piperidine rings is 1. The van der Waals surface area contributed by atoms with Gasteiger partial charge in [-0.2, -0.15) is 0 Å². The molecule has 0 aliphatic carbocycles. The average Bonchev–Trinajstić information content (AvgIpc) is 2.50. The molecule has 0 atom stereocenters. The maximum Gasteiger partial charge on any atom is 0.316 e. The second-order valence-electron chi connectivity index (χ2n) is 3.83. The van der Waals surface area contributed by atoms with Crippen LogP contribution in [0.25, 0.3) is 0 Å². The molecule has 5 heteroatoms. The normalized spacial score (nSPS) is 26.6. The van der Waals surface area contributed by atoms with Crippen molar-refractivity contribution in [2.45, 2.75) is 18.4 Å². The average molecular weight is 184 g/mol. The quantitative estimate of drug-likeness (QED) is 0.454. The number of hydrogen-bond donors (Lipinski definition) is 3. The van der Waals surface area contributed by atoms with Crippen LogP contribution < -0.4 is 16.4 Å². The van der Waals surface area contributed by atoms with Crippen LogP contribution in [-0.4, -0.2) is 42.8 Å². The Hall–Kier alpha value is -0.810. The number of carbonyl (C=O) groups is 1. The minimum atomic E-state index is -0.299. The van der Waals surface area contributed by atoms with Crippen molar-refractivity contribution in [1.29, 1.82) is 0 Å². The van der Waals surface area contributed by atoms with E-state index in [0.717, 1.165) is 32.5 Å². The van der Waals surface area contributed by atoms with E-state index in [1.807, 2.05) is 0 Å². The number of carbonyl (C=O) groups excluding carboxylic acids is 1. The zero-order chi connectivity index (χ0) is 9.31.